The molecule has 302 valence electrons. The first-order valence-corrected chi connectivity index (χ1v) is 19.7. The van der Waals surface area contributed by atoms with Crippen molar-refractivity contribution in [2.24, 2.45) is 5.84 Å². The maximum Gasteiger partial charge on any atom is 0.339 e. The van der Waals surface area contributed by atoms with E-state index in [1.165, 1.54) is 0 Å². The largest absolute Gasteiger partial charge is 0.478 e. The predicted molar refractivity (Wildman–Crippen MR) is 226 cm³/mol. The van der Waals surface area contributed by atoms with Crippen molar-refractivity contribution in [2.45, 2.75) is 0 Å². The van der Waals surface area contributed by atoms with Gasteiger partial charge in [0.25, 0.3) is 5.91 Å². The van der Waals surface area contributed by atoms with Crippen LogP contribution in [0.25, 0.3) is 55.4 Å². The number of ether oxygens (including phenoxy) is 2. The van der Waals surface area contributed by atoms with Gasteiger partial charge in [-0.1, -0.05) is 24.3 Å². The molecule has 0 radical (unpaired) electrons. The molecule has 0 bridgehead atoms. The number of aromatic nitrogens is 6. The van der Waals surface area contributed by atoms with E-state index in [9.17, 15) is 14.7 Å². The Bertz CT molecular complexity index is 2830. The van der Waals surface area contributed by atoms with Crippen LogP contribution in [-0.2, 0) is 9.47 Å². The molecular weight excluding hydrogens is 753 g/mol. The van der Waals surface area contributed by atoms with Crippen LogP contribution in [-0.4, -0.2) is 134 Å². The lowest BCUT2D eigenvalue weighted by Gasteiger charge is -2.26. The number of nitrogen functional groups attached to an aromatic ring is 1. The van der Waals surface area contributed by atoms with Crippen molar-refractivity contribution < 1.29 is 24.2 Å². The van der Waals surface area contributed by atoms with Crippen molar-refractivity contribution in [1.82, 2.24) is 44.0 Å². The van der Waals surface area contributed by atoms with Crippen LogP contribution in [0.15, 0.2) is 84.9 Å². The van der Waals surface area contributed by atoms with Crippen molar-refractivity contribution in [3.05, 3.63) is 96.1 Å². The molecule has 2 saturated heterocycles. The number of carbonyl (C=O) groups excluding carboxylic acids is 1. The molecule has 6 N–H and O–H groups in total. The van der Waals surface area contributed by atoms with Crippen LogP contribution < -0.4 is 21.9 Å². The Hall–Kier alpha value is -6.50. The number of nitrogens with two attached hydrogens (primary N) is 1. The minimum absolute atomic E-state index is 0.170. The van der Waals surface area contributed by atoms with Gasteiger partial charge in [-0.3, -0.25) is 28.8 Å². The lowest BCUT2D eigenvalue weighted by molar-refractivity contribution is 0.0398. The Labute approximate surface area is 337 Å². The summed E-state index contributed by atoms with van der Waals surface area (Å²) in [5.74, 6) is 5.56. The molecule has 6 aromatic heterocycles. The summed E-state index contributed by atoms with van der Waals surface area (Å²) in [6.07, 6.45) is 0. The van der Waals surface area contributed by atoms with Crippen LogP contribution in [0.2, 0.25) is 0 Å². The summed E-state index contributed by atoms with van der Waals surface area (Å²) in [5, 5.41) is 18.1. The fourth-order valence-corrected chi connectivity index (χ4v) is 7.72. The SMILES string of the molecule is NNC(=O)c1cc2ccc(NCCN3CCOCC3)nc2n2c1nc1ccccc12.O=C(O)c1cc2ccc(NCCN3CCOCC3)nc2n2c1nc1ccccc12. The number of benzene rings is 2. The van der Waals surface area contributed by atoms with Crippen LogP contribution in [0.3, 0.4) is 0 Å². The van der Waals surface area contributed by atoms with E-state index in [1.54, 1.807) is 12.1 Å². The summed E-state index contributed by atoms with van der Waals surface area (Å²) in [6, 6.07) is 26.5. The lowest BCUT2D eigenvalue weighted by Crippen LogP contribution is -2.39. The van der Waals surface area contributed by atoms with Crippen molar-refractivity contribution in [3.8, 4) is 0 Å². The smallest absolute Gasteiger partial charge is 0.339 e. The molecular formula is C42H44N12O5. The number of rotatable bonds is 10. The first kappa shape index (κ1) is 38.0. The van der Waals surface area contributed by atoms with E-state index in [-0.39, 0.29) is 11.5 Å². The molecule has 8 heterocycles. The molecule has 2 aliphatic heterocycles. The van der Waals surface area contributed by atoms with Crippen molar-refractivity contribution >= 4 is 78.9 Å². The maximum absolute atomic E-state index is 12.4. The van der Waals surface area contributed by atoms with E-state index < -0.39 is 5.97 Å². The molecule has 2 fully saturated rings. The number of fused-ring (bicyclic) bond motifs is 10. The fraction of sp³-hybridized carbons (Fsp3) is 0.286. The highest BCUT2D eigenvalue weighted by atomic mass is 16.5. The topological polar surface area (TPSA) is 202 Å². The minimum Gasteiger partial charge on any atom is -0.478 e. The summed E-state index contributed by atoms with van der Waals surface area (Å²) in [6.45, 7) is 10.4. The molecule has 8 aromatic rings. The molecule has 17 heteroatoms. The number of amides is 1. The highest BCUT2D eigenvalue weighted by molar-refractivity contribution is 6.05. The third kappa shape index (κ3) is 7.76. The number of hydrazine groups is 1. The standard InChI is InChI=1S/C21H23N7O2.C21H21N5O3/c22-26-21(29)15-13-14-5-6-18(23-7-8-27-9-11-30-12-10-27)25-19(14)28-17-4-2-1-3-16(17)24-20(15)28;27-21(28)15-13-14-5-6-18(22-7-8-25-9-11-29-12-10-25)24-19(14)26-17-4-2-1-3-16(17)23-20(15)26/h1-6,13H,7-12,22H2,(H,23,25)(H,26,29);1-6,13H,7-12H2,(H,22,24)(H,27,28). The number of pyridine rings is 4. The van der Waals surface area contributed by atoms with E-state index >= 15 is 0 Å². The average molecular weight is 797 g/mol. The van der Waals surface area contributed by atoms with Gasteiger partial charge >= 0.3 is 5.97 Å². The second-order valence-electron chi connectivity index (χ2n) is 14.4. The molecule has 0 saturated carbocycles. The van der Waals surface area contributed by atoms with Crippen LogP contribution >= 0.6 is 0 Å². The number of nitrogens with one attached hydrogen (secondary N) is 3. The third-order valence-corrected chi connectivity index (χ3v) is 10.7. The molecule has 10 rings (SSSR count). The number of carboxylic acids is 1. The predicted octanol–water partition coefficient (Wildman–Crippen LogP) is 3.86. The zero-order chi connectivity index (χ0) is 40.3. The average Bonchev–Trinajstić information content (AvgIpc) is 3.87. The van der Waals surface area contributed by atoms with E-state index in [0.29, 0.717) is 22.5 Å². The summed E-state index contributed by atoms with van der Waals surface area (Å²) in [5.41, 5.74) is 8.44. The molecule has 0 atom stereocenters. The molecule has 59 heavy (non-hydrogen) atoms. The van der Waals surface area contributed by atoms with Crippen molar-refractivity contribution in [1.29, 1.82) is 0 Å². The summed E-state index contributed by atoms with van der Waals surface area (Å²) in [7, 11) is 0. The van der Waals surface area contributed by atoms with Gasteiger partial charge in [0.05, 0.1) is 54.1 Å². The van der Waals surface area contributed by atoms with E-state index in [1.807, 2.05) is 81.6 Å². The van der Waals surface area contributed by atoms with Gasteiger partial charge in [0.1, 0.15) is 28.5 Å². The normalized spacial score (nSPS) is 15.2. The molecule has 0 spiro atoms. The number of aromatic carboxylic acids is 1. The van der Waals surface area contributed by atoms with Gasteiger partial charge in [0.2, 0.25) is 0 Å². The molecule has 17 nitrogen and oxygen atoms in total. The van der Waals surface area contributed by atoms with Crippen LogP contribution in [0.4, 0.5) is 11.6 Å². The number of hydrogen-bond donors (Lipinski definition) is 5. The Morgan fingerprint density at radius 2 is 1.07 bits per heavy atom. The van der Waals surface area contributed by atoms with Gasteiger partial charge in [-0.25, -0.2) is 30.6 Å². The minimum atomic E-state index is -1.00. The number of hydrogen-bond acceptors (Lipinski definition) is 13. The number of carboxylic acid groups (broad SMARTS) is 1. The van der Waals surface area contributed by atoms with E-state index in [0.717, 1.165) is 129 Å². The maximum atomic E-state index is 12.4. The van der Waals surface area contributed by atoms with Crippen LogP contribution in [0.5, 0.6) is 0 Å². The van der Waals surface area contributed by atoms with Gasteiger partial charge < -0.3 is 25.2 Å². The number of imidazole rings is 2. The highest BCUT2D eigenvalue weighted by Gasteiger charge is 2.20. The van der Waals surface area contributed by atoms with Gasteiger partial charge in [-0.15, -0.1) is 0 Å². The second kappa shape index (κ2) is 16.8. The summed E-state index contributed by atoms with van der Waals surface area (Å²) >= 11 is 0. The number of morpholine rings is 2. The quantitative estimate of drug-likeness (QED) is 0.0759. The van der Waals surface area contributed by atoms with Gasteiger partial charge in [-0.05, 0) is 60.7 Å². The molecule has 2 aromatic carbocycles. The number of anilines is 2. The molecule has 0 unspecified atom stereocenters. The third-order valence-electron chi connectivity index (χ3n) is 10.7. The zero-order valence-corrected chi connectivity index (χ0v) is 32.3. The summed E-state index contributed by atoms with van der Waals surface area (Å²) in [4.78, 5) is 47.7. The summed E-state index contributed by atoms with van der Waals surface area (Å²) < 4.78 is 14.5. The van der Waals surface area contributed by atoms with Crippen LogP contribution in [0.1, 0.15) is 20.7 Å². The second-order valence-corrected chi connectivity index (χ2v) is 14.4. The fourth-order valence-electron chi connectivity index (χ4n) is 7.72. The number of carbonyl (C=O) groups is 2. The van der Waals surface area contributed by atoms with Gasteiger partial charge in [-0.2, -0.15) is 0 Å². The first-order valence-electron chi connectivity index (χ1n) is 19.7. The lowest BCUT2D eigenvalue weighted by atomic mass is 10.2. The van der Waals surface area contributed by atoms with Gasteiger partial charge in [0.15, 0.2) is 11.3 Å². The Balaban J connectivity index is 0.000000152. The molecule has 2 aliphatic rings. The van der Waals surface area contributed by atoms with E-state index in [4.69, 9.17) is 25.3 Å². The highest BCUT2D eigenvalue weighted by Crippen LogP contribution is 2.28. The van der Waals surface area contributed by atoms with Crippen molar-refractivity contribution in [2.75, 3.05) is 89.4 Å². The van der Waals surface area contributed by atoms with E-state index in [2.05, 4.69) is 35.8 Å². The Kier molecular flexibility index (Phi) is 10.8. The van der Waals surface area contributed by atoms with Crippen molar-refractivity contribution in [3.63, 3.8) is 0 Å². The molecule has 0 aliphatic carbocycles. The number of nitrogens with zero attached hydrogens (tertiary/aromatic N) is 8. The number of para-hydroxylation sites is 4. The van der Waals surface area contributed by atoms with Gasteiger partial charge in [0, 0.05) is 63.1 Å². The van der Waals surface area contributed by atoms with Crippen LogP contribution in [0, 0.1) is 0 Å². The Morgan fingerprint density at radius 3 is 1.54 bits per heavy atom. The first-order chi connectivity index (χ1) is 28.9. The zero-order valence-electron chi connectivity index (χ0n) is 32.3. The molecule has 1 amide bonds. The Morgan fingerprint density at radius 1 is 0.610 bits per heavy atom. The monoisotopic (exact) mass is 796 g/mol.